The van der Waals surface area contributed by atoms with Crippen molar-refractivity contribution >= 4 is 5.91 Å². The Morgan fingerprint density at radius 2 is 2.00 bits per heavy atom. The lowest BCUT2D eigenvalue weighted by molar-refractivity contribution is -0.122. The Bertz CT molecular complexity index is 747. The molecular weight excluding hydrogens is 328 g/mol. The van der Waals surface area contributed by atoms with Crippen molar-refractivity contribution in [2.45, 2.75) is 25.4 Å². The summed E-state index contributed by atoms with van der Waals surface area (Å²) in [5.74, 6) is -1.13. The molecule has 0 radical (unpaired) electrons. The normalized spacial score (nSPS) is 13.2. The molecule has 0 spiro atoms. The number of aliphatic hydroxyl groups is 1. The molecule has 0 aliphatic carbocycles. The van der Waals surface area contributed by atoms with Gasteiger partial charge in [-0.2, -0.15) is 0 Å². The maximum atomic E-state index is 13.8. The Kier molecular flexibility index (Phi) is 6.09. The van der Waals surface area contributed by atoms with Crippen molar-refractivity contribution in [3.8, 4) is 5.75 Å². The molecule has 0 heterocycles. The predicted molar refractivity (Wildman–Crippen MR) is 90.3 cm³/mol. The quantitative estimate of drug-likeness (QED) is 0.808. The maximum absolute atomic E-state index is 13.8. The number of hydrogen-bond acceptors (Lipinski definition) is 3. The number of amides is 1. The van der Waals surface area contributed by atoms with E-state index in [2.05, 4.69) is 5.32 Å². The summed E-state index contributed by atoms with van der Waals surface area (Å²) in [7, 11) is 1.57. The number of hydrogen-bond donors (Lipinski definition) is 2. The van der Waals surface area contributed by atoms with Crippen molar-refractivity contribution in [1.82, 2.24) is 5.32 Å². The van der Waals surface area contributed by atoms with Gasteiger partial charge in [-0.25, -0.2) is 8.78 Å². The second-order valence-corrected chi connectivity index (χ2v) is 6.03. The first-order valence-electron chi connectivity index (χ1n) is 7.89. The molecule has 0 saturated carbocycles. The van der Waals surface area contributed by atoms with Crippen LogP contribution in [0, 0.1) is 11.6 Å². The lowest BCUT2D eigenvalue weighted by Crippen LogP contribution is -2.39. The first-order chi connectivity index (χ1) is 11.8. The Hall–Kier alpha value is -2.47. The second-order valence-electron chi connectivity index (χ2n) is 6.03. The molecule has 0 aliphatic rings. The van der Waals surface area contributed by atoms with Gasteiger partial charge in [0.2, 0.25) is 5.91 Å². The van der Waals surface area contributed by atoms with E-state index >= 15 is 0 Å². The van der Waals surface area contributed by atoms with E-state index in [0.29, 0.717) is 18.2 Å². The fourth-order valence-electron chi connectivity index (χ4n) is 2.47. The fraction of sp³-hybridized carbons (Fsp3) is 0.316. The molecule has 0 aromatic heterocycles. The number of aryl methyl sites for hydroxylation is 1. The Balaban J connectivity index is 1.90. The van der Waals surface area contributed by atoms with Crippen LogP contribution >= 0.6 is 0 Å². The van der Waals surface area contributed by atoms with E-state index in [1.807, 2.05) is 24.3 Å². The number of methoxy groups -OCH3 is 1. The number of ether oxygens (including phenoxy) is 1. The number of halogens is 2. The largest absolute Gasteiger partial charge is 0.497 e. The molecule has 0 bridgehead atoms. The minimum absolute atomic E-state index is 0.0676. The molecular formula is C19H21F2NO3. The predicted octanol–water partition coefficient (Wildman–Crippen LogP) is 2.93. The Labute approximate surface area is 145 Å². The van der Waals surface area contributed by atoms with Gasteiger partial charge in [-0.1, -0.05) is 18.2 Å². The molecule has 2 aromatic rings. The summed E-state index contributed by atoms with van der Waals surface area (Å²) in [6.45, 7) is 1.19. The SMILES string of the molecule is COc1cccc(CCC(=O)NCC(C)(O)c2ccc(F)cc2F)c1. The molecule has 2 N–H and O–H groups in total. The highest BCUT2D eigenvalue weighted by molar-refractivity contribution is 5.76. The van der Waals surface area contributed by atoms with Crippen LogP contribution in [0.5, 0.6) is 5.75 Å². The highest BCUT2D eigenvalue weighted by atomic mass is 19.1. The van der Waals surface area contributed by atoms with Crippen LogP contribution < -0.4 is 10.1 Å². The van der Waals surface area contributed by atoms with Crippen molar-refractivity contribution in [3.63, 3.8) is 0 Å². The summed E-state index contributed by atoms with van der Waals surface area (Å²) < 4.78 is 31.9. The van der Waals surface area contributed by atoms with Gasteiger partial charge in [0, 0.05) is 18.1 Å². The molecule has 2 aromatic carbocycles. The molecule has 4 nitrogen and oxygen atoms in total. The third kappa shape index (κ3) is 5.26. The van der Waals surface area contributed by atoms with E-state index in [4.69, 9.17) is 4.74 Å². The fourth-order valence-corrected chi connectivity index (χ4v) is 2.47. The van der Waals surface area contributed by atoms with E-state index < -0.39 is 17.2 Å². The first-order valence-corrected chi connectivity index (χ1v) is 7.89. The molecule has 134 valence electrons. The van der Waals surface area contributed by atoms with Crippen LogP contribution in [0.1, 0.15) is 24.5 Å². The zero-order valence-electron chi connectivity index (χ0n) is 14.2. The molecule has 0 aliphatic heterocycles. The molecule has 25 heavy (non-hydrogen) atoms. The van der Waals surface area contributed by atoms with Crippen molar-refractivity contribution in [1.29, 1.82) is 0 Å². The van der Waals surface area contributed by atoms with Gasteiger partial charge in [0.05, 0.1) is 13.7 Å². The van der Waals surface area contributed by atoms with Gasteiger partial charge in [0.25, 0.3) is 0 Å². The van der Waals surface area contributed by atoms with Crippen molar-refractivity contribution < 1.29 is 23.4 Å². The third-order valence-electron chi connectivity index (χ3n) is 3.92. The summed E-state index contributed by atoms with van der Waals surface area (Å²) in [6, 6.07) is 10.3. The molecule has 2 rings (SSSR count). The van der Waals surface area contributed by atoms with Gasteiger partial charge >= 0.3 is 0 Å². The minimum Gasteiger partial charge on any atom is -0.497 e. The maximum Gasteiger partial charge on any atom is 0.220 e. The van der Waals surface area contributed by atoms with E-state index in [1.54, 1.807) is 7.11 Å². The highest BCUT2D eigenvalue weighted by Gasteiger charge is 2.27. The Morgan fingerprint density at radius 1 is 1.24 bits per heavy atom. The topological polar surface area (TPSA) is 58.6 Å². The van der Waals surface area contributed by atoms with Crippen molar-refractivity contribution in [3.05, 3.63) is 65.2 Å². The third-order valence-corrected chi connectivity index (χ3v) is 3.92. The average molecular weight is 349 g/mol. The van der Waals surface area contributed by atoms with E-state index in [9.17, 15) is 18.7 Å². The summed E-state index contributed by atoms with van der Waals surface area (Å²) in [5.41, 5.74) is -0.753. The molecule has 1 atom stereocenters. The van der Waals surface area contributed by atoms with Crippen molar-refractivity contribution in [2.24, 2.45) is 0 Å². The summed E-state index contributed by atoms with van der Waals surface area (Å²) in [4.78, 5) is 12.0. The van der Waals surface area contributed by atoms with E-state index in [1.165, 1.54) is 13.0 Å². The van der Waals surface area contributed by atoms with E-state index in [0.717, 1.165) is 11.6 Å². The monoisotopic (exact) mass is 349 g/mol. The molecule has 1 unspecified atom stereocenters. The molecule has 0 saturated heterocycles. The summed E-state index contributed by atoms with van der Waals surface area (Å²) in [6.07, 6.45) is 0.727. The van der Waals surface area contributed by atoms with Gasteiger partial charge < -0.3 is 15.2 Å². The molecule has 1 amide bonds. The van der Waals surface area contributed by atoms with Gasteiger partial charge in [0.1, 0.15) is 23.0 Å². The van der Waals surface area contributed by atoms with Gasteiger partial charge in [-0.15, -0.1) is 0 Å². The van der Waals surface area contributed by atoms with Crippen LogP contribution in [-0.2, 0) is 16.8 Å². The van der Waals surface area contributed by atoms with Gasteiger partial charge in [0.15, 0.2) is 0 Å². The number of nitrogens with one attached hydrogen (secondary N) is 1. The molecule has 0 fully saturated rings. The van der Waals surface area contributed by atoms with Crippen LogP contribution in [0.25, 0.3) is 0 Å². The lowest BCUT2D eigenvalue weighted by atomic mass is 9.95. The smallest absolute Gasteiger partial charge is 0.220 e. The number of rotatable bonds is 7. The standard InChI is InChI=1S/C19H21F2NO3/c1-19(24,16-8-7-14(20)11-17(16)21)12-22-18(23)9-6-13-4-3-5-15(10-13)25-2/h3-5,7-8,10-11,24H,6,9,12H2,1-2H3,(H,22,23). The number of carbonyl (C=O) groups excluding carboxylic acids is 1. The lowest BCUT2D eigenvalue weighted by Gasteiger charge is -2.24. The van der Waals surface area contributed by atoms with Crippen LogP contribution in [0.3, 0.4) is 0 Å². The second kappa shape index (κ2) is 8.07. The number of carbonyl (C=O) groups is 1. The van der Waals surface area contributed by atoms with Crippen molar-refractivity contribution in [2.75, 3.05) is 13.7 Å². The zero-order chi connectivity index (χ0) is 18.4. The number of benzene rings is 2. The molecule has 6 heteroatoms. The first kappa shape index (κ1) is 18.9. The van der Waals surface area contributed by atoms with Crippen LogP contribution in [0.2, 0.25) is 0 Å². The van der Waals surface area contributed by atoms with Gasteiger partial charge in [-0.05, 0) is 37.1 Å². The summed E-state index contributed by atoms with van der Waals surface area (Å²) >= 11 is 0. The van der Waals surface area contributed by atoms with Gasteiger partial charge in [-0.3, -0.25) is 4.79 Å². The van der Waals surface area contributed by atoms with Crippen LogP contribution in [0.4, 0.5) is 8.78 Å². The summed E-state index contributed by atoms with van der Waals surface area (Å²) in [5, 5.41) is 12.9. The van der Waals surface area contributed by atoms with Crippen LogP contribution in [-0.4, -0.2) is 24.7 Å². The zero-order valence-corrected chi connectivity index (χ0v) is 14.2. The van der Waals surface area contributed by atoms with Crippen LogP contribution in [0.15, 0.2) is 42.5 Å². The minimum atomic E-state index is -1.64. The highest BCUT2D eigenvalue weighted by Crippen LogP contribution is 2.23. The average Bonchev–Trinajstić information content (AvgIpc) is 2.58. The Morgan fingerprint density at radius 3 is 2.68 bits per heavy atom. The van der Waals surface area contributed by atoms with E-state index in [-0.39, 0.29) is 24.4 Å².